The van der Waals surface area contributed by atoms with Crippen molar-refractivity contribution in [3.8, 4) is 0 Å². The topological polar surface area (TPSA) is 316 Å². The minimum atomic E-state index is -0.350. The van der Waals surface area contributed by atoms with Gasteiger partial charge in [0.2, 0.25) is 29.5 Å². The van der Waals surface area contributed by atoms with Crippen LogP contribution in [0, 0.1) is 0 Å². The number of rotatable bonds is 53. The van der Waals surface area contributed by atoms with Crippen molar-refractivity contribution in [2.24, 2.45) is 0 Å². The van der Waals surface area contributed by atoms with E-state index in [0.717, 1.165) is 214 Å². The molecule has 7 atom stereocenters. The smallest absolute Gasteiger partial charge is 0.241 e. The average molecular weight is 1400 g/mol. The first-order valence-electron chi connectivity index (χ1n) is 37.9. The molecule has 27 heteroatoms. The number of unbranched alkanes of at least 4 members (excludes halogenated alkanes) is 5. The van der Waals surface area contributed by atoms with E-state index in [1.54, 1.807) is 40.0 Å². The quantitative estimate of drug-likeness (QED) is 0.0366. The van der Waals surface area contributed by atoms with Crippen LogP contribution in [0.15, 0.2) is 0 Å². The predicted octanol–water partition coefficient (Wildman–Crippen LogP) is 0.363. The number of hydrogen-bond acceptors (Lipinski definition) is 22. The molecule has 98 heavy (non-hydrogen) atoms. The molecule has 5 amide bonds. The van der Waals surface area contributed by atoms with Crippen molar-refractivity contribution in [1.82, 2.24) is 104 Å². The SMILES string of the molecule is CCNCC(NCC)C(=O)N1CCN(C)CCN(C)CCN(C)CC1.CCNCCCCC(NC(=O)C(CCCCNCC)NCC)C(=O)CC.CNC(C)C(C)=O.CNCCCCC(NC)C(=O)NCCN(CCNC(=O)C(CCCCNC)NC)C(=O)C(CCCCNC)NC. The number of carbonyl (C=O) groups excluding carboxylic acids is 7. The molecule has 15 N–H and O–H groups in total. The third-order valence-corrected chi connectivity index (χ3v) is 17.6. The molecule has 0 aromatic carbocycles. The second-order valence-corrected chi connectivity index (χ2v) is 25.7. The van der Waals surface area contributed by atoms with Gasteiger partial charge in [0, 0.05) is 91.5 Å². The van der Waals surface area contributed by atoms with E-state index in [1.807, 2.05) is 46.8 Å². The predicted molar refractivity (Wildman–Crippen MR) is 408 cm³/mol. The van der Waals surface area contributed by atoms with E-state index >= 15 is 0 Å². The first-order valence-corrected chi connectivity index (χ1v) is 37.9. The zero-order valence-electron chi connectivity index (χ0n) is 65.7. The summed E-state index contributed by atoms with van der Waals surface area (Å²) in [6.45, 7) is 34.5. The van der Waals surface area contributed by atoms with Gasteiger partial charge in [-0.3, -0.25) is 33.6 Å². The van der Waals surface area contributed by atoms with Crippen molar-refractivity contribution in [3.63, 3.8) is 0 Å². The molecule has 0 bridgehead atoms. The summed E-state index contributed by atoms with van der Waals surface area (Å²) < 4.78 is 0. The second kappa shape index (κ2) is 68.8. The number of Topliss-reactive ketones (excluding diaryl/α,β-unsaturated/α-hetero) is 2. The van der Waals surface area contributed by atoms with Crippen LogP contribution in [-0.4, -0.2) is 329 Å². The van der Waals surface area contributed by atoms with E-state index in [2.05, 4.69) is 143 Å². The van der Waals surface area contributed by atoms with Crippen LogP contribution < -0.4 is 79.8 Å². The van der Waals surface area contributed by atoms with Crippen LogP contribution in [0.5, 0.6) is 0 Å². The second-order valence-electron chi connectivity index (χ2n) is 25.7. The lowest BCUT2D eigenvalue weighted by atomic mass is 10.0. The number of likely N-dealkylation sites (N-methyl/N-ethyl adjacent to an activating group) is 10. The number of ketones is 2. The standard InChI is InChI=1S/C28H61N9O3.C20H42N4O2.C18H40N6O.C5H11NO/c1-29-16-10-7-13-23(32-4)26(38)35-19-21-37(28(40)25(34-6)15-9-12-18-31-3)22-20-36-27(39)24(33-5)14-8-11-17-30-2;1-5-19(25)17(13-9-11-15-21-6-2)24-20(26)18(23-8-4)14-10-12-16-22-7-3;1-6-19-16-17(20-7-2)18(25)24-14-12-22(4)10-8-21(3)9-11-23(5)13-15-24;1-4(6-3)5(2)7/h23-25,29-34H,7-22H2,1-6H3,(H,35,38)(H,36,39);17-18,21-23H,5-16H2,1-4H3,(H,24,26);17,19-20H,6-16H2,1-5H3;4,6H,1-3H3. The Balaban J connectivity index is -0.00000136. The average Bonchev–Trinajstić information content (AvgIpc) is 0.963. The number of nitrogens with one attached hydrogen (secondary N) is 15. The van der Waals surface area contributed by atoms with Crippen LogP contribution in [0.3, 0.4) is 0 Å². The number of carbonyl (C=O) groups is 7. The van der Waals surface area contributed by atoms with Gasteiger partial charge in [-0.2, -0.15) is 0 Å². The molecular formula is C71H154N20O7. The third kappa shape index (κ3) is 53.0. The van der Waals surface area contributed by atoms with Crippen LogP contribution in [0.4, 0.5) is 0 Å². The van der Waals surface area contributed by atoms with Crippen LogP contribution >= 0.6 is 0 Å². The van der Waals surface area contributed by atoms with Gasteiger partial charge in [0.15, 0.2) is 5.78 Å². The minimum absolute atomic E-state index is 0.00933. The maximum Gasteiger partial charge on any atom is 0.241 e. The van der Waals surface area contributed by atoms with E-state index in [4.69, 9.17) is 0 Å². The zero-order chi connectivity index (χ0) is 74.2. The van der Waals surface area contributed by atoms with E-state index in [1.165, 1.54) is 0 Å². The summed E-state index contributed by atoms with van der Waals surface area (Å²) in [5.74, 6) is 0.379. The summed E-state index contributed by atoms with van der Waals surface area (Å²) in [5.41, 5.74) is 0. The molecule has 1 fully saturated rings. The largest absolute Gasteiger partial charge is 0.353 e. The third-order valence-electron chi connectivity index (χ3n) is 17.6. The molecule has 580 valence electrons. The van der Waals surface area contributed by atoms with Crippen molar-refractivity contribution in [2.45, 2.75) is 200 Å². The normalized spacial score (nSPS) is 15.5. The van der Waals surface area contributed by atoms with Gasteiger partial charge < -0.3 is 104 Å². The van der Waals surface area contributed by atoms with Gasteiger partial charge in [-0.25, -0.2) is 0 Å². The van der Waals surface area contributed by atoms with Crippen LogP contribution in [0.2, 0.25) is 0 Å². The molecule has 0 saturated carbocycles. The Labute approximate surface area is 597 Å². The van der Waals surface area contributed by atoms with Gasteiger partial charge in [0.05, 0.1) is 42.3 Å². The summed E-state index contributed by atoms with van der Waals surface area (Å²) in [5, 5.41) is 47.1. The van der Waals surface area contributed by atoms with Crippen molar-refractivity contribution < 1.29 is 33.6 Å². The van der Waals surface area contributed by atoms with E-state index in [0.29, 0.717) is 39.1 Å². The number of amides is 5. The fourth-order valence-corrected chi connectivity index (χ4v) is 10.7. The van der Waals surface area contributed by atoms with Crippen LogP contribution in [0.25, 0.3) is 0 Å². The Morgan fingerprint density at radius 2 is 0.765 bits per heavy atom. The lowest BCUT2D eigenvalue weighted by Crippen LogP contribution is -2.54. The molecule has 1 heterocycles. The van der Waals surface area contributed by atoms with Gasteiger partial charge in [0.25, 0.3) is 0 Å². The van der Waals surface area contributed by atoms with Gasteiger partial charge in [-0.05, 0) is 220 Å². The highest BCUT2D eigenvalue weighted by Gasteiger charge is 2.27. The molecule has 0 aromatic heterocycles. The zero-order valence-corrected chi connectivity index (χ0v) is 65.7. The number of hydrogen-bond donors (Lipinski definition) is 15. The Kier molecular flexibility index (Phi) is 69.0. The molecule has 0 aliphatic carbocycles. The minimum Gasteiger partial charge on any atom is -0.353 e. The van der Waals surface area contributed by atoms with Crippen LogP contribution in [-0.2, 0) is 33.6 Å². The molecule has 0 radical (unpaired) electrons. The molecule has 0 aromatic rings. The summed E-state index contributed by atoms with van der Waals surface area (Å²) in [6, 6.07) is -1.52. The maximum atomic E-state index is 13.5. The van der Waals surface area contributed by atoms with Crippen molar-refractivity contribution in [2.75, 3.05) is 221 Å². The first-order chi connectivity index (χ1) is 47.1. The Morgan fingerprint density at radius 3 is 1.11 bits per heavy atom. The molecule has 0 spiro atoms. The monoisotopic (exact) mass is 1400 g/mol. The summed E-state index contributed by atoms with van der Waals surface area (Å²) >= 11 is 0. The Morgan fingerprint density at radius 1 is 0.398 bits per heavy atom. The molecule has 1 aliphatic heterocycles. The Hall–Kier alpha value is -3.91. The first kappa shape index (κ1) is 98.3. The molecule has 1 saturated heterocycles. The Bertz CT molecular complexity index is 1880. The van der Waals surface area contributed by atoms with Crippen molar-refractivity contribution >= 4 is 41.1 Å². The lowest BCUT2D eigenvalue weighted by molar-refractivity contribution is -0.134. The fourth-order valence-electron chi connectivity index (χ4n) is 10.7. The van der Waals surface area contributed by atoms with Crippen molar-refractivity contribution in [3.05, 3.63) is 0 Å². The van der Waals surface area contributed by atoms with Crippen molar-refractivity contribution in [1.29, 1.82) is 0 Å². The van der Waals surface area contributed by atoms with E-state index < -0.39 is 0 Å². The maximum absolute atomic E-state index is 13.5. The highest BCUT2D eigenvalue weighted by molar-refractivity contribution is 5.90. The molecular weight excluding hydrogens is 1240 g/mol. The fraction of sp³-hybridized carbons (Fsp3) is 0.901. The van der Waals surface area contributed by atoms with Gasteiger partial charge in [-0.1, -0.05) is 67.2 Å². The van der Waals surface area contributed by atoms with Crippen LogP contribution in [0.1, 0.15) is 158 Å². The highest BCUT2D eigenvalue weighted by Crippen LogP contribution is 2.10. The molecule has 27 nitrogen and oxygen atoms in total. The van der Waals surface area contributed by atoms with Gasteiger partial charge in [-0.15, -0.1) is 0 Å². The summed E-state index contributed by atoms with van der Waals surface area (Å²) in [4.78, 5) is 98.0. The number of nitrogens with zero attached hydrogens (tertiary/aromatic N) is 5. The summed E-state index contributed by atoms with van der Waals surface area (Å²) in [7, 11) is 19.4. The van der Waals surface area contributed by atoms with Gasteiger partial charge in [0.1, 0.15) is 5.78 Å². The summed E-state index contributed by atoms with van der Waals surface area (Å²) in [6.07, 6.45) is 14.1. The molecule has 1 aliphatic rings. The molecule has 7 unspecified atom stereocenters. The van der Waals surface area contributed by atoms with E-state index in [9.17, 15) is 33.6 Å². The highest BCUT2D eigenvalue weighted by atomic mass is 16.2. The van der Waals surface area contributed by atoms with Gasteiger partial charge >= 0.3 is 0 Å². The lowest BCUT2D eigenvalue weighted by Gasteiger charge is -2.33. The van der Waals surface area contributed by atoms with E-state index in [-0.39, 0.29) is 83.4 Å². The molecule has 1 rings (SSSR count).